The van der Waals surface area contributed by atoms with Crippen molar-refractivity contribution >= 4 is 82.1 Å². The Morgan fingerprint density at radius 2 is 1.14 bits per heavy atom. The van der Waals surface area contributed by atoms with Crippen LogP contribution in [0.25, 0.3) is 10.8 Å². The van der Waals surface area contributed by atoms with Crippen LogP contribution in [0.15, 0.2) is 84.6 Å². The number of halogens is 4. The monoisotopic (exact) mass is 774 g/mol. The van der Waals surface area contributed by atoms with Gasteiger partial charge in [-0.15, -0.1) is 0 Å². The number of methoxy groups -OCH3 is 2. The highest BCUT2D eigenvalue weighted by atomic mass is 79.9. The fourth-order valence-electron chi connectivity index (χ4n) is 3.89. The zero-order valence-corrected chi connectivity index (χ0v) is 27.2. The molecule has 37 heavy (non-hydrogen) atoms. The predicted octanol–water partition coefficient (Wildman–Crippen LogP) is 10.0. The second-order valence-electron chi connectivity index (χ2n) is 8.14. The average Bonchev–Trinajstić information content (AvgIpc) is 2.86. The molecule has 4 aromatic rings. The van der Waals surface area contributed by atoms with E-state index in [1.807, 2.05) is 66.7 Å². The molecular formula is C27H23Br4O5P. The molecule has 0 saturated heterocycles. The van der Waals surface area contributed by atoms with E-state index >= 15 is 0 Å². The van der Waals surface area contributed by atoms with Crippen molar-refractivity contribution in [1.82, 2.24) is 0 Å². The molecule has 194 valence electrons. The Morgan fingerprint density at radius 3 is 1.62 bits per heavy atom. The number of fused-ring (bicyclic) bond motifs is 1. The molecule has 0 heterocycles. The minimum atomic E-state index is -3.60. The molecule has 0 fully saturated rings. The molecule has 5 nitrogen and oxygen atoms in total. The third kappa shape index (κ3) is 7.07. The van der Waals surface area contributed by atoms with E-state index in [2.05, 4.69) is 63.7 Å². The first-order chi connectivity index (χ1) is 17.7. The van der Waals surface area contributed by atoms with Gasteiger partial charge in [-0.25, -0.2) is 0 Å². The normalized spacial score (nSPS) is 11.6. The molecule has 0 aromatic heterocycles. The first-order valence-electron chi connectivity index (χ1n) is 11.1. The van der Waals surface area contributed by atoms with Gasteiger partial charge in [0.2, 0.25) is 0 Å². The van der Waals surface area contributed by atoms with Gasteiger partial charge in [0, 0.05) is 0 Å². The maximum atomic E-state index is 14.2. The minimum Gasteiger partial charge on any atom is -0.494 e. The lowest BCUT2D eigenvalue weighted by molar-refractivity contribution is 0.190. The van der Waals surface area contributed by atoms with Crippen molar-refractivity contribution in [2.24, 2.45) is 0 Å². The van der Waals surface area contributed by atoms with E-state index in [1.54, 1.807) is 14.2 Å². The number of hydrogen-bond acceptors (Lipinski definition) is 5. The van der Waals surface area contributed by atoms with Gasteiger partial charge in [-0.2, -0.15) is 0 Å². The number of hydrogen-bond donors (Lipinski definition) is 0. The van der Waals surface area contributed by atoms with E-state index in [1.165, 1.54) is 0 Å². The van der Waals surface area contributed by atoms with Gasteiger partial charge in [0.15, 0.2) is 0 Å². The molecule has 4 rings (SSSR count). The molecule has 0 N–H and O–H groups in total. The molecule has 0 unspecified atom stereocenters. The standard InChI is InChI=1S/C27H23Br4O5P/c1-33-26-22(28)10-17(11-23(26)29)14-35-37(32,16-20-8-5-7-19-6-3-4-9-21(19)20)36-15-18-12-24(30)27(34-2)25(31)13-18/h3-13H,14-16H2,1-2H3. The van der Waals surface area contributed by atoms with Crippen LogP contribution >= 0.6 is 71.3 Å². The zero-order chi connectivity index (χ0) is 26.6. The molecule has 0 aliphatic rings. The summed E-state index contributed by atoms with van der Waals surface area (Å²) in [7, 11) is -0.398. The lowest BCUT2D eigenvalue weighted by Gasteiger charge is -2.21. The summed E-state index contributed by atoms with van der Waals surface area (Å²) in [5.41, 5.74) is 2.53. The average molecular weight is 778 g/mol. The molecule has 0 aliphatic carbocycles. The van der Waals surface area contributed by atoms with Crippen molar-refractivity contribution in [3.8, 4) is 11.5 Å². The van der Waals surface area contributed by atoms with Gasteiger partial charge in [-0.05, 0) is 115 Å². The summed E-state index contributed by atoms with van der Waals surface area (Å²) in [6.07, 6.45) is 0.130. The Morgan fingerprint density at radius 1 is 0.676 bits per heavy atom. The van der Waals surface area contributed by atoms with Gasteiger partial charge in [0.1, 0.15) is 11.5 Å². The third-order valence-corrected chi connectivity index (χ3v) is 9.75. The van der Waals surface area contributed by atoms with Crippen LogP contribution in [-0.2, 0) is 33.0 Å². The second kappa shape index (κ2) is 12.8. The van der Waals surface area contributed by atoms with Gasteiger partial charge >= 0.3 is 7.60 Å². The van der Waals surface area contributed by atoms with Crippen LogP contribution in [0.3, 0.4) is 0 Å². The van der Waals surface area contributed by atoms with Crippen LogP contribution in [0.5, 0.6) is 11.5 Å². The van der Waals surface area contributed by atoms with Crippen molar-refractivity contribution in [2.45, 2.75) is 19.4 Å². The van der Waals surface area contributed by atoms with Crippen LogP contribution in [-0.4, -0.2) is 14.2 Å². The fraction of sp³-hybridized carbons (Fsp3) is 0.185. The van der Waals surface area contributed by atoms with Crippen LogP contribution < -0.4 is 9.47 Å². The molecule has 0 atom stereocenters. The number of ether oxygens (including phenoxy) is 2. The van der Waals surface area contributed by atoms with E-state index in [4.69, 9.17) is 18.5 Å². The van der Waals surface area contributed by atoms with Crippen molar-refractivity contribution < 1.29 is 23.1 Å². The highest BCUT2D eigenvalue weighted by molar-refractivity contribution is 9.11. The van der Waals surface area contributed by atoms with Gasteiger partial charge in [0.05, 0.1) is 51.5 Å². The van der Waals surface area contributed by atoms with Gasteiger partial charge in [-0.3, -0.25) is 4.57 Å². The SMILES string of the molecule is COc1c(Br)cc(COP(=O)(Cc2cccc3ccccc23)OCc2cc(Br)c(OC)c(Br)c2)cc1Br. The number of benzene rings is 4. The topological polar surface area (TPSA) is 54.0 Å². The Kier molecular flexibility index (Phi) is 9.95. The summed E-state index contributed by atoms with van der Waals surface area (Å²) in [6, 6.07) is 21.5. The predicted molar refractivity (Wildman–Crippen MR) is 162 cm³/mol. The Hall–Kier alpha value is -1.19. The fourth-order valence-corrected chi connectivity index (χ4v) is 8.75. The summed E-state index contributed by atoms with van der Waals surface area (Å²) in [5.74, 6) is 1.35. The first-order valence-corrected chi connectivity index (χ1v) is 16.0. The Labute approximate surface area is 249 Å². The van der Waals surface area contributed by atoms with Crippen molar-refractivity contribution in [3.05, 3.63) is 101 Å². The Balaban J connectivity index is 1.63. The van der Waals surface area contributed by atoms with E-state index in [-0.39, 0.29) is 19.4 Å². The van der Waals surface area contributed by atoms with Gasteiger partial charge in [0.25, 0.3) is 0 Å². The molecule has 0 saturated carbocycles. The number of rotatable bonds is 10. The molecule has 0 amide bonds. The minimum absolute atomic E-state index is 0.0965. The van der Waals surface area contributed by atoms with E-state index in [0.717, 1.165) is 45.4 Å². The first kappa shape index (κ1) is 28.8. The van der Waals surface area contributed by atoms with Gasteiger partial charge in [-0.1, -0.05) is 42.5 Å². The molecule has 0 aliphatic heterocycles. The van der Waals surface area contributed by atoms with Gasteiger partial charge < -0.3 is 18.5 Å². The van der Waals surface area contributed by atoms with E-state index < -0.39 is 7.60 Å². The second-order valence-corrected chi connectivity index (χ2v) is 13.6. The quantitative estimate of drug-likeness (QED) is 0.150. The zero-order valence-electron chi connectivity index (χ0n) is 20.0. The van der Waals surface area contributed by atoms with E-state index in [9.17, 15) is 4.57 Å². The van der Waals surface area contributed by atoms with Crippen LogP contribution in [0.4, 0.5) is 0 Å². The van der Waals surface area contributed by atoms with Crippen molar-refractivity contribution in [2.75, 3.05) is 14.2 Å². The maximum Gasteiger partial charge on any atom is 0.335 e. The summed E-state index contributed by atoms with van der Waals surface area (Å²) in [4.78, 5) is 0. The summed E-state index contributed by atoms with van der Waals surface area (Å²) < 4.78 is 40.2. The molecule has 4 aromatic carbocycles. The Bertz CT molecular complexity index is 1360. The van der Waals surface area contributed by atoms with Crippen molar-refractivity contribution in [1.29, 1.82) is 0 Å². The maximum absolute atomic E-state index is 14.2. The van der Waals surface area contributed by atoms with Crippen LogP contribution in [0.1, 0.15) is 16.7 Å². The lowest BCUT2D eigenvalue weighted by Crippen LogP contribution is -2.02. The summed E-state index contributed by atoms with van der Waals surface area (Å²) in [6.45, 7) is 0.193. The van der Waals surface area contributed by atoms with Crippen LogP contribution in [0, 0.1) is 0 Å². The lowest BCUT2D eigenvalue weighted by atomic mass is 10.1. The van der Waals surface area contributed by atoms with Crippen LogP contribution in [0.2, 0.25) is 0 Å². The molecule has 0 radical (unpaired) electrons. The molecule has 0 spiro atoms. The highest BCUT2D eigenvalue weighted by Crippen LogP contribution is 2.54. The summed E-state index contributed by atoms with van der Waals surface area (Å²) in [5, 5.41) is 2.08. The highest BCUT2D eigenvalue weighted by Gasteiger charge is 2.27. The molecule has 10 heteroatoms. The summed E-state index contributed by atoms with van der Waals surface area (Å²) >= 11 is 14.1. The molecular weight excluding hydrogens is 755 g/mol. The largest absolute Gasteiger partial charge is 0.494 e. The van der Waals surface area contributed by atoms with Crippen molar-refractivity contribution in [3.63, 3.8) is 0 Å². The van der Waals surface area contributed by atoms with E-state index in [0.29, 0.717) is 11.5 Å². The third-order valence-electron chi connectivity index (χ3n) is 5.62. The molecule has 0 bridgehead atoms. The smallest absolute Gasteiger partial charge is 0.335 e.